The molecule has 1 spiro atoms. The van der Waals surface area contributed by atoms with Crippen LogP contribution in [0.2, 0.25) is 5.02 Å². The van der Waals surface area contributed by atoms with Crippen molar-refractivity contribution in [2.24, 2.45) is 17.8 Å². The third-order valence-corrected chi connectivity index (χ3v) is 13.4. The molecule has 2 heterocycles. The van der Waals surface area contributed by atoms with Crippen LogP contribution in [-0.2, 0) is 21.9 Å². The van der Waals surface area contributed by atoms with Gasteiger partial charge in [-0.1, -0.05) is 37.9 Å². The fraction of sp³-hybridized carbons (Fsp3) is 0.618. The molecule has 7 nitrogen and oxygen atoms in total. The third kappa shape index (κ3) is 5.68. The Morgan fingerprint density at radius 1 is 1.09 bits per heavy atom. The van der Waals surface area contributed by atoms with Gasteiger partial charge in [-0.05, 0) is 118 Å². The van der Waals surface area contributed by atoms with E-state index < -0.39 is 26.8 Å². The molecule has 2 aromatic rings. The number of rotatable bonds is 1. The van der Waals surface area contributed by atoms with E-state index in [4.69, 9.17) is 16.3 Å². The molecule has 6 atom stereocenters. The maximum Gasteiger partial charge on any atom is 0.264 e. The molecule has 6 rings (SSSR count). The minimum Gasteiger partial charge on any atom is -0.490 e. The molecule has 0 unspecified atom stereocenters. The molecule has 0 aromatic heterocycles. The summed E-state index contributed by atoms with van der Waals surface area (Å²) in [7, 11) is -3.90. The van der Waals surface area contributed by atoms with Crippen LogP contribution in [0.15, 0.2) is 36.4 Å². The van der Waals surface area contributed by atoms with Crippen LogP contribution in [0.4, 0.5) is 5.69 Å². The largest absolute Gasteiger partial charge is 0.490 e. The van der Waals surface area contributed by atoms with Gasteiger partial charge in [0, 0.05) is 29.1 Å². The topological polar surface area (TPSA) is 95.9 Å². The number of ether oxygens (including phenoxy) is 1. The van der Waals surface area contributed by atoms with Gasteiger partial charge in [0.15, 0.2) is 0 Å². The maximum atomic E-state index is 13.4. The van der Waals surface area contributed by atoms with Gasteiger partial charge in [0.2, 0.25) is 10.0 Å². The molecule has 1 amide bonds. The number of fused-ring (bicyclic) bond motifs is 4. The molecule has 2 N–H and O–H groups in total. The van der Waals surface area contributed by atoms with E-state index in [1.54, 1.807) is 19.1 Å². The van der Waals surface area contributed by atoms with Crippen LogP contribution in [0.3, 0.4) is 0 Å². The van der Waals surface area contributed by atoms with E-state index in [1.807, 2.05) is 19.1 Å². The lowest BCUT2D eigenvalue weighted by Crippen LogP contribution is -2.53. The van der Waals surface area contributed by atoms with Crippen molar-refractivity contribution in [3.63, 3.8) is 0 Å². The van der Waals surface area contributed by atoms with Crippen molar-refractivity contribution >= 4 is 33.2 Å². The second kappa shape index (κ2) is 11.6. The second-order valence-electron chi connectivity index (χ2n) is 13.7. The first-order chi connectivity index (χ1) is 20.4. The van der Waals surface area contributed by atoms with E-state index in [1.165, 1.54) is 11.1 Å². The van der Waals surface area contributed by atoms with Crippen molar-refractivity contribution in [1.82, 2.24) is 4.72 Å². The van der Waals surface area contributed by atoms with Gasteiger partial charge in [-0.2, -0.15) is 0 Å². The molecule has 9 heteroatoms. The number of halogens is 1. The number of anilines is 1. The van der Waals surface area contributed by atoms with Gasteiger partial charge in [0.05, 0.1) is 23.1 Å². The summed E-state index contributed by atoms with van der Waals surface area (Å²) in [5.41, 5.74) is 2.60. The highest BCUT2D eigenvalue weighted by Crippen LogP contribution is 2.49. The number of aryl methyl sites for hydroxylation is 1. The number of carbonyl (C=O) groups is 1. The summed E-state index contributed by atoms with van der Waals surface area (Å²) in [5.74, 6) is 0.407. The predicted molar refractivity (Wildman–Crippen MR) is 171 cm³/mol. The Kier molecular flexibility index (Phi) is 8.27. The third-order valence-electron chi connectivity index (χ3n) is 11.3. The molecule has 0 radical (unpaired) electrons. The number of carbonyl (C=O) groups excluding carboxylic acids is 1. The Morgan fingerprint density at radius 2 is 1.91 bits per heavy atom. The average molecular weight is 629 g/mol. The molecule has 43 heavy (non-hydrogen) atoms. The van der Waals surface area contributed by atoms with E-state index in [0.29, 0.717) is 49.6 Å². The number of sulfonamides is 1. The van der Waals surface area contributed by atoms with Crippen LogP contribution in [-0.4, -0.2) is 50.0 Å². The first-order valence-electron chi connectivity index (χ1n) is 16.0. The van der Waals surface area contributed by atoms with Crippen molar-refractivity contribution < 1.29 is 23.1 Å². The van der Waals surface area contributed by atoms with Crippen molar-refractivity contribution in [3.05, 3.63) is 58.1 Å². The highest BCUT2D eigenvalue weighted by Gasteiger charge is 2.48. The summed E-state index contributed by atoms with van der Waals surface area (Å²) in [6, 6.07) is 11.5. The molecule has 1 saturated carbocycles. The molecular formula is C34H45ClN2O5S. The number of amides is 1. The van der Waals surface area contributed by atoms with E-state index in [2.05, 4.69) is 28.7 Å². The zero-order valence-electron chi connectivity index (χ0n) is 25.6. The van der Waals surface area contributed by atoms with Crippen LogP contribution in [0.25, 0.3) is 0 Å². The van der Waals surface area contributed by atoms with Gasteiger partial charge in [0.25, 0.3) is 5.91 Å². The Hall–Kier alpha value is -2.29. The molecular weight excluding hydrogens is 584 g/mol. The molecule has 4 aliphatic rings. The van der Waals surface area contributed by atoms with Gasteiger partial charge in [-0.3, -0.25) is 4.79 Å². The fourth-order valence-corrected chi connectivity index (χ4v) is 9.71. The maximum absolute atomic E-state index is 13.4. The van der Waals surface area contributed by atoms with Gasteiger partial charge in [-0.15, -0.1) is 0 Å². The number of hydrogen-bond acceptors (Lipinski definition) is 6. The van der Waals surface area contributed by atoms with Crippen molar-refractivity contribution in [2.75, 3.05) is 24.6 Å². The highest BCUT2D eigenvalue weighted by molar-refractivity contribution is 7.90. The van der Waals surface area contributed by atoms with Gasteiger partial charge >= 0.3 is 0 Å². The summed E-state index contributed by atoms with van der Waals surface area (Å²) < 4.78 is 35.5. The zero-order valence-corrected chi connectivity index (χ0v) is 27.1. The lowest BCUT2D eigenvalue weighted by atomic mass is 9.62. The second-order valence-corrected chi connectivity index (χ2v) is 16.2. The minimum absolute atomic E-state index is 0.156. The molecule has 2 aliphatic carbocycles. The summed E-state index contributed by atoms with van der Waals surface area (Å²) >= 11 is 6.41. The molecule has 1 fully saturated rings. The predicted octanol–water partition coefficient (Wildman–Crippen LogP) is 6.25. The molecule has 2 bridgehead atoms. The van der Waals surface area contributed by atoms with Gasteiger partial charge in [0.1, 0.15) is 5.75 Å². The standard InChI is InChI=1S/C34H45ClN2O5S/c1-4-34(39)16-5-7-22(2)23(3)43(40,41)36-32(38)25-10-14-31-30(18-25)37(19-26-9-12-29(26)34)20-33(21-42-31)15-6-8-24-17-27(35)11-13-28(24)33/h10-11,13-14,17-18,22-23,26,29,39H,4-9,12,15-16,19-21H2,1-3H3,(H,36,38)/t22-,23+,26-,29+,33-,34-/m0/s1. The van der Waals surface area contributed by atoms with Gasteiger partial charge in [-0.25, -0.2) is 13.1 Å². The van der Waals surface area contributed by atoms with E-state index >= 15 is 0 Å². The minimum atomic E-state index is -3.90. The quantitative estimate of drug-likeness (QED) is 0.388. The average Bonchev–Trinajstić information content (AvgIpc) is 3.11. The van der Waals surface area contributed by atoms with Crippen molar-refractivity contribution in [1.29, 1.82) is 0 Å². The highest BCUT2D eigenvalue weighted by atomic mass is 35.5. The van der Waals surface area contributed by atoms with E-state index in [9.17, 15) is 18.3 Å². The van der Waals surface area contributed by atoms with E-state index in [-0.39, 0.29) is 17.3 Å². The monoisotopic (exact) mass is 628 g/mol. The summed E-state index contributed by atoms with van der Waals surface area (Å²) in [6.07, 6.45) is 7.76. The summed E-state index contributed by atoms with van der Waals surface area (Å²) in [4.78, 5) is 15.8. The number of aliphatic hydroxyl groups is 1. The van der Waals surface area contributed by atoms with Crippen LogP contribution in [0.1, 0.15) is 93.6 Å². The normalized spacial score (nSPS) is 34.2. The first-order valence-corrected chi connectivity index (χ1v) is 18.0. The van der Waals surface area contributed by atoms with Crippen molar-refractivity contribution in [2.45, 2.75) is 94.8 Å². The molecule has 0 saturated heterocycles. The van der Waals surface area contributed by atoms with Gasteiger partial charge < -0.3 is 14.7 Å². The number of hydrogen-bond donors (Lipinski definition) is 2. The van der Waals surface area contributed by atoms with Crippen molar-refractivity contribution in [3.8, 4) is 5.75 Å². The number of benzene rings is 2. The lowest BCUT2D eigenvalue weighted by Gasteiger charge is -2.50. The van der Waals surface area contributed by atoms with Crippen LogP contribution >= 0.6 is 11.6 Å². The van der Waals surface area contributed by atoms with Crippen LogP contribution in [0.5, 0.6) is 5.75 Å². The molecule has 2 aliphatic heterocycles. The zero-order chi connectivity index (χ0) is 30.6. The fourth-order valence-electron chi connectivity index (χ4n) is 8.21. The molecule has 234 valence electrons. The SMILES string of the molecule is CC[C@]1(O)CCC[C@H](C)[C@@H](C)S(=O)(=O)NC(=O)c2ccc3c(c2)N(C[C@@H]2CC[C@H]21)C[C@@]1(CCCc2cc(Cl)ccc21)CO3. The smallest absolute Gasteiger partial charge is 0.264 e. The summed E-state index contributed by atoms with van der Waals surface area (Å²) in [5, 5.41) is 12.0. The first kappa shape index (κ1) is 30.7. The Bertz CT molecular complexity index is 1500. The summed E-state index contributed by atoms with van der Waals surface area (Å²) in [6.45, 7) is 7.61. The Morgan fingerprint density at radius 3 is 2.65 bits per heavy atom. The lowest BCUT2D eigenvalue weighted by molar-refractivity contribution is -0.0909. The van der Waals surface area contributed by atoms with Crippen LogP contribution in [0, 0.1) is 17.8 Å². The van der Waals surface area contributed by atoms with E-state index in [0.717, 1.165) is 55.8 Å². The molecule has 2 aromatic carbocycles. The number of nitrogens with zero attached hydrogens (tertiary/aromatic N) is 1. The number of nitrogens with one attached hydrogen (secondary N) is 1. The Balaban J connectivity index is 1.43. The Labute approximate surface area is 261 Å². The van der Waals surface area contributed by atoms with Crippen LogP contribution < -0.4 is 14.4 Å².